The van der Waals surface area contributed by atoms with Gasteiger partial charge in [-0.2, -0.15) is 0 Å². The first-order valence-corrected chi connectivity index (χ1v) is 5.50. The Bertz CT molecular complexity index is 208. The van der Waals surface area contributed by atoms with Crippen LogP contribution in [-0.4, -0.2) is 10.3 Å². The molecule has 12 heavy (non-hydrogen) atoms. The van der Waals surface area contributed by atoms with Crippen molar-refractivity contribution in [1.29, 1.82) is 0 Å². The highest BCUT2D eigenvalue weighted by atomic mass is 35.5. The predicted molar refractivity (Wildman–Crippen MR) is 53.9 cm³/mol. The Kier molecular flexibility index (Phi) is 1.78. The van der Waals surface area contributed by atoms with E-state index in [1.54, 1.807) is 0 Å². The summed E-state index contributed by atoms with van der Waals surface area (Å²) in [5.41, 5.74) is 0.514. The lowest BCUT2D eigenvalue weighted by atomic mass is 9.89. The lowest BCUT2D eigenvalue weighted by Gasteiger charge is -2.31. The van der Waals surface area contributed by atoms with E-state index in [2.05, 4.69) is 20.8 Å². The molecule has 0 spiro atoms. The van der Waals surface area contributed by atoms with Gasteiger partial charge in [0, 0.05) is 0 Å². The second kappa shape index (κ2) is 2.33. The van der Waals surface area contributed by atoms with E-state index < -0.39 is 0 Å². The third kappa shape index (κ3) is 1.11. The fourth-order valence-electron chi connectivity index (χ4n) is 2.76. The van der Waals surface area contributed by atoms with Crippen LogP contribution in [0.4, 0.5) is 0 Å². The van der Waals surface area contributed by atoms with Crippen molar-refractivity contribution in [2.24, 2.45) is 17.3 Å². The van der Waals surface area contributed by atoms with Crippen molar-refractivity contribution in [3.8, 4) is 0 Å². The van der Waals surface area contributed by atoms with E-state index in [1.807, 2.05) is 0 Å². The van der Waals surface area contributed by atoms with Crippen molar-refractivity contribution < 1.29 is 0 Å². The highest BCUT2D eigenvalue weighted by Gasteiger charge is 2.63. The summed E-state index contributed by atoms with van der Waals surface area (Å²) in [6.45, 7) is 6.76. The highest BCUT2D eigenvalue weighted by molar-refractivity contribution is 6.32. The van der Waals surface area contributed by atoms with E-state index in [1.165, 1.54) is 0 Å². The van der Waals surface area contributed by atoms with Crippen LogP contribution in [0.15, 0.2) is 0 Å². The van der Waals surface area contributed by atoms with Gasteiger partial charge in [0.15, 0.2) is 0 Å². The molecular weight excluding hydrogens is 191 g/mol. The molecule has 0 aromatic heterocycles. The van der Waals surface area contributed by atoms with Crippen LogP contribution in [0.3, 0.4) is 0 Å². The largest absolute Gasteiger partial charge is 0.121 e. The van der Waals surface area contributed by atoms with Crippen LogP contribution in [0.5, 0.6) is 0 Å². The monoisotopic (exact) mass is 206 g/mol. The van der Waals surface area contributed by atoms with Crippen molar-refractivity contribution in [2.45, 2.75) is 43.9 Å². The summed E-state index contributed by atoms with van der Waals surface area (Å²) < 4.78 is 0. The third-order valence-corrected chi connectivity index (χ3v) is 5.21. The number of halogens is 2. The third-order valence-electron chi connectivity index (χ3n) is 4.02. The van der Waals surface area contributed by atoms with Gasteiger partial charge in [-0.15, -0.1) is 23.2 Å². The van der Waals surface area contributed by atoms with Crippen molar-refractivity contribution in [3.63, 3.8) is 0 Å². The molecule has 0 saturated heterocycles. The topological polar surface area (TPSA) is 0 Å². The molecule has 2 rings (SSSR count). The lowest BCUT2D eigenvalue weighted by molar-refractivity contribution is 0.402. The molecule has 0 aromatic carbocycles. The summed E-state index contributed by atoms with van der Waals surface area (Å²) in [6.07, 6.45) is 2.21. The zero-order valence-corrected chi connectivity index (χ0v) is 9.41. The SMILES string of the molecule is CC1(C)C2C[C@H](Cl)[C@@](C)(Cl)CC21. The van der Waals surface area contributed by atoms with Crippen LogP contribution in [-0.2, 0) is 0 Å². The maximum absolute atomic E-state index is 6.34. The number of hydrogen-bond acceptors (Lipinski definition) is 0. The molecule has 0 N–H and O–H groups in total. The van der Waals surface area contributed by atoms with Crippen LogP contribution < -0.4 is 0 Å². The molecule has 0 amide bonds. The Labute approximate surface area is 84.6 Å². The van der Waals surface area contributed by atoms with Crippen molar-refractivity contribution in [1.82, 2.24) is 0 Å². The molecule has 70 valence electrons. The first kappa shape index (κ1) is 9.15. The Hall–Kier alpha value is 0.580. The second-order valence-corrected chi connectivity index (χ2v) is 6.61. The summed E-state index contributed by atoms with van der Waals surface area (Å²) >= 11 is 12.6. The van der Waals surface area contributed by atoms with Crippen LogP contribution in [0, 0.1) is 17.3 Å². The summed E-state index contributed by atoms with van der Waals surface area (Å²) in [5.74, 6) is 1.67. The molecule has 0 nitrogen and oxygen atoms in total. The van der Waals surface area contributed by atoms with Crippen molar-refractivity contribution in [3.05, 3.63) is 0 Å². The quantitative estimate of drug-likeness (QED) is 0.532. The van der Waals surface area contributed by atoms with Crippen LogP contribution >= 0.6 is 23.2 Å². The molecule has 0 bridgehead atoms. The Morgan fingerprint density at radius 1 is 1.17 bits per heavy atom. The maximum atomic E-state index is 6.34. The molecule has 2 saturated carbocycles. The smallest absolute Gasteiger partial charge is 0.0584 e. The molecule has 2 aliphatic carbocycles. The summed E-state index contributed by atoms with van der Waals surface area (Å²) in [6, 6.07) is 0. The van der Waals surface area contributed by atoms with Gasteiger partial charge in [0.1, 0.15) is 0 Å². The number of rotatable bonds is 0. The minimum Gasteiger partial charge on any atom is -0.121 e. The zero-order chi connectivity index (χ0) is 9.15. The molecule has 2 fully saturated rings. The molecule has 0 aliphatic heterocycles. The predicted octanol–water partition coefficient (Wildman–Crippen LogP) is 3.66. The van der Waals surface area contributed by atoms with E-state index in [0.717, 1.165) is 24.7 Å². The normalized spacial score (nSPS) is 56.2. The van der Waals surface area contributed by atoms with E-state index in [0.29, 0.717) is 5.41 Å². The number of fused-ring (bicyclic) bond motifs is 1. The van der Waals surface area contributed by atoms with Crippen molar-refractivity contribution >= 4 is 23.2 Å². The molecule has 0 aromatic rings. The summed E-state index contributed by atoms with van der Waals surface area (Å²) in [5, 5.41) is 0.169. The van der Waals surface area contributed by atoms with Gasteiger partial charge in [0.05, 0.1) is 10.3 Å². The Balaban J connectivity index is 2.14. The summed E-state index contributed by atoms with van der Waals surface area (Å²) in [7, 11) is 0. The molecule has 2 aliphatic rings. The van der Waals surface area contributed by atoms with E-state index in [9.17, 15) is 0 Å². The maximum Gasteiger partial charge on any atom is 0.0584 e. The molecule has 2 unspecified atom stereocenters. The van der Waals surface area contributed by atoms with E-state index in [-0.39, 0.29) is 10.3 Å². The Morgan fingerprint density at radius 2 is 1.75 bits per heavy atom. The molecule has 0 radical (unpaired) electrons. The highest BCUT2D eigenvalue weighted by Crippen LogP contribution is 2.67. The van der Waals surface area contributed by atoms with Gasteiger partial charge in [0.25, 0.3) is 0 Å². The molecular formula is C10H16Cl2. The zero-order valence-electron chi connectivity index (χ0n) is 7.90. The summed E-state index contributed by atoms with van der Waals surface area (Å²) in [4.78, 5) is -0.156. The first-order valence-electron chi connectivity index (χ1n) is 4.68. The minimum absolute atomic E-state index is 0.156. The van der Waals surface area contributed by atoms with Gasteiger partial charge < -0.3 is 0 Å². The van der Waals surface area contributed by atoms with Gasteiger partial charge >= 0.3 is 0 Å². The lowest BCUT2D eigenvalue weighted by Crippen LogP contribution is -2.33. The van der Waals surface area contributed by atoms with Gasteiger partial charge in [-0.1, -0.05) is 13.8 Å². The minimum atomic E-state index is -0.156. The van der Waals surface area contributed by atoms with Gasteiger partial charge in [-0.05, 0) is 37.0 Å². The molecule has 0 heterocycles. The fourth-order valence-corrected chi connectivity index (χ4v) is 3.29. The fraction of sp³-hybridized carbons (Fsp3) is 1.00. The average molecular weight is 207 g/mol. The standard InChI is InChI=1S/C10H16Cl2/c1-9(2)6-4-8(11)10(3,12)5-7(6)9/h6-8H,4-5H2,1-3H3/t6?,7?,8-,10-/m0/s1. The van der Waals surface area contributed by atoms with Crippen LogP contribution in [0.2, 0.25) is 0 Å². The van der Waals surface area contributed by atoms with Gasteiger partial charge in [0.2, 0.25) is 0 Å². The second-order valence-electron chi connectivity index (χ2n) is 5.22. The number of alkyl halides is 2. The van der Waals surface area contributed by atoms with Gasteiger partial charge in [-0.3, -0.25) is 0 Å². The average Bonchev–Trinajstić information content (AvgIpc) is 2.37. The molecule has 2 heteroatoms. The van der Waals surface area contributed by atoms with Crippen molar-refractivity contribution in [2.75, 3.05) is 0 Å². The van der Waals surface area contributed by atoms with Gasteiger partial charge in [-0.25, -0.2) is 0 Å². The first-order chi connectivity index (χ1) is 5.36. The molecule has 4 atom stereocenters. The van der Waals surface area contributed by atoms with Crippen LogP contribution in [0.25, 0.3) is 0 Å². The Morgan fingerprint density at radius 3 is 2.25 bits per heavy atom. The van der Waals surface area contributed by atoms with E-state index in [4.69, 9.17) is 23.2 Å². The number of hydrogen-bond donors (Lipinski definition) is 0. The van der Waals surface area contributed by atoms with Crippen LogP contribution in [0.1, 0.15) is 33.6 Å². The van der Waals surface area contributed by atoms with E-state index >= 15 is 0 Å².